The monoisotopic (exact) mass is 136 g/mol. The van der Waals surface area contributed by atoms with E-state index in [1.807, 2.05) is 13.8 Å². The lowest BCUT2D eigenvalue weighted by molar-refractivity contribution is 0.204. The summed E-state index contributed by atoms with van der Waals surface area (Å²) in [5, 5.41) is 0. The van der Waals surface area contributed by atoms with Gasteiger partial charge < -0.3 is 4.74 Å². The molecule has 0 saturated carbocycles. The third kappa shape index (κ3) is 7.08. The summed E-state index contributed by atoms with van der Waals surface area (Å²) in [5.74, 6) is 8.59. The second-order valence-corrected chi connectivity index (χ2v) is 2.17. The van der Waals surface area contributed by atoms with E-state index < -0.39 is 0 Å². The van der Waals surface area contributed by atoms with Crippen molar-refractivity contribution in [2.45, 2.75) is 13.8 Å². The van der Waals surface area contributed by atoms with Crippen LogP contribution in [-0.4, -0.2) is 13.2 Å². The molecule has 0 atom stereocenters. The topological polar surface area (TPSA) is 9.23 Å². The highest BCUT2D eigenvalue weighted by Gasteiger charge is 1.80. The van der Waals surface area contributed by atoms with Gasteiger partial charge in [-0.25, -0.2) is 0 Å². The second kappa shape index (κ2) is 6.20. The van der Waals surface area contributed by atoms with Gasteiger partial charge in [0.2, 0.25) is 0 Å². The number of hydrogen-bond donors (Lipinski definition) is 0. The highest BCUT2D eigenvalue weighted by molar-refractivity contribution is 5.01. The Morgan fingerprint density at radius 2 is 2.10 bits per heavy atom. The molecule has 1 nitrogen and oxygen atoms in total. The summed E-state index contributed by atoms with van der Waals surface area (Å²) in [7, 11) is 0. The van der Waals surface area contributed by atoms with E-state index in [0.29, 0.717) is 19.1 Å². The van der Waals surface area contributed by atoms with Gasteiger partial charge >= 0.3 is 0 Å². The molecule has 0 spiro atoms. The van der Waals surface area contributed by atoms with Crippen LogP contribution in [0.25, 0.3) is 0 Å². The Bertz CT molecular complexity index is 163. The van der Waals surface area contributed by atoms with Crippen molar-refractivity contribution in [2.75, 3.05) is 13.2 Å². The highest BCUT2D eigenvalue weighted by atomic mass is 16.5. The molecule has 0 aliphatic rings. The zero-order valence-electron chi connectivity index (χ0n) is 6.48. The molecule has 0 aromatic rings. The predicted molar refractivity (Wildman–Crippen MR) is 42.3 cm³/mol. The summed E-state index contributed by atoms with van der Waals surface area (Å²) < 4.78 is 4.92. The lowest BCUT2D eigenvalue weighted by Crippen LogP contribution is -1.91. The molecule has 0 unspecified atom stereocenters. The summed E-state index contributed by atoms with van der Waals surface area (Å²) in [5.41, 5.74) is 0. The van der Waals surface area contributed by atoms with Crippen LogP contribution in [-0.2, 0) is 4.74 Å². The fourth-order valence-electron chi connectivity index (χ4n) is 0.407. The van der Waals surface area contributed by atoms with E-state index in [9.17, 15) is 0 Å². The summed E-state index contributed by atoms with van der Waals surface area (Å²) in [6, 6.07) is 0. The average molecular weight is 136 g/mol. The van der Waals surface area contributed by atoms with Crippen molar-refractivity contribution >= 4 is 0 Å². The van der Waals surface area contributed by atoms with E-state index in [0.717, 1.165) is 0 Å². The quantitative estimate of drug-likeness (QED) is 0.410. The maximum Gasteiger partial charge on any atom is 0.109 e. The third-order valence-electron chi connectivity index (χ3n) is 0.750. The minimum absolute atomic E-state index is 0.354. The van der Waals surface area contributed by atoms with Gasteiger partial charge in [0.05, 0.1) is 0 Å². The van der Waals surface area contributed by atoms with Gasteiger partial charge in [-0.1, -0.05) is 31.6 Å². The maximum absolute atomic E-state index is 4.95. The van der Waals surface area contributed by atoms with Crippen LogP contribution >= 0.6 is 0 Å². The molecule has 0 heterocycles. The Hall–Kier alpha value is -0.920. The molecule has 0 N–H and O–H groups in total. The van der Waals surface area contributed by atoms with Crippen LogP contribution in [0.4, 0.5) is 0 Å². The van der Waals surface area contributed by atoms with Gasteiger partial charge in [0, 0.05) is 5.92 Å². The van der Waals surface area contributed by atoms with Crippen LogP contribution in [0.5, 0.6) is 0 Å². The Labute approximate surface area is 62.8 Å². The number of terminal acetylenes is 1. The molecular weight excluding hydrogens is 124 g/mol. The molecule has 10 heavy (non-hydrogen) atoms. The zero-order chi connectivity index (χ0) is 7.82. The van der Waals surface area contributed by atoms with Crippen molar-refractivity contribution in [3.05, 3.63) is 0 Å². The SMILES string of the molecule is C#CCOCC#CC(C)C. The number of hydrogen-bond acceptors (Lipinski definition) is 1. The molecule has 0 aliphatic carbocycles. The molecule has 0 amide bonds. The van der Waals surface area contributed by atoms with Gasteiger partial charge in [-0.05, 0) is 0 Å². The van der Waals surface area contributed by atoms with Crippen LogP contribution in [0.3, 0.4) is 0 Å². The Kier molecular flexibility index (Phi) is 5.63. The van der Waals surface area contributed by atoms with Crippen LogP contribution in [0.1, 0.15) is 13.8 Å². The first-order valence-corrected chi connectivity index (χ1v) is 3.27. The van der Waals surface area contributed by atoms with Crippen molar-refractivity contribution in [1.29, 1.82) is 0 Å². The summed E-state index contributed by atoms with van der Waals surface area (Å²) >= 11 is 0. The van der Waals surface area contributed by atoms with E-state index in [1.54, 1.807) is 0 Å². The smallest absolute Gasteiger partial charge is 0.109 e. The minimum atomic E-state index is 0.354. The second-order valence-electron chi connectivity index (χ2n) is 2.17. The Morgan fingerprint density at radius 1 is 1.40 bits per heavy atom. The van der Waals surface area contributed by atoms with Gasteiger partial charge in [0.1, 0.15) is 13.2 Å². The average Bonchev–Trinajstić information content (AvgIpc) is 1.87. The van der Waals surface area contributed by atoms with E-state index in [4.69, 9.17) is 11.2 Å². The van der Waals surface area contributed by atoms with Crippen molar-refractivity contribution in [3.63, 3.8) is 0 Å². The maximum atomic E-state index is 4.95. The fourth-order valence-corrected chi connectivity index (χ4v) is 0.407. The standard InChI is InChI=1S/C9H12O/c1-4-7-10-8-5-6-9(2)3/h1,9H,7-8H2,2-3H3. The molecule has 0 bridgehead atoms. The molecule has 0 aromatic carbocycles. The Balaban J connectivity index is 3.22. The van der Waals surface area contributed by atoms with E-state index in [1.165, 1.54) is 0 Å². The molecule has 0 fully saturated rings. The van der Waals surface area contributed by atoms with Crippen molar-refractivity contribution in [3.8, 4) is 24.2 Å². The minimum Gasteiger partial charge on any atom is -0.356 e. The van der Waals surface area contributed by atoms with Crippen molar-refractivity contribution < 1.29 is 4.74 Å². The third-order valence-corrected chi connectivity index (χ3v) is 0.750. The molecule has 0 radical (unpaired) electrons. The van der Waals surface area contributed by atoms with Gasteiger partial charge in [-0.15, -0.1) is 6.42 Å². The molecule has 0 rings (SSSR count). The van der Waals surface area contributed by atoms with Crippen LogP contribution in [0.15, 0.2) is 0 Å². The summed E-state index contributed by atoms with van der Waals surface area (Å²) in [6.07, 6.45) is 4.95. The first kappa shape index (κ1) is 9.08. The van der Waals surface area contributed by atoms with Crippen LogP contribution < -0.4 is 0 Å². The summed E-state index contributed by atoms with van der Waals surface area (Å²) in [6.45, 7) is 4.87. The molecular formula is C9H12O. The van der Waals surface area contributed by atoms with Crippen molar-refractivity contribution in [1.82, 2.24) is 0 Å². The number of rotatable bonds is 2. The molecule has 1 heteroatoms. The van der Waals surface area contributed by atoms with E-state index in [2.05, 4.69) is 17.8 Å². The van der Waals surface area contributed by atoms with Gasteiger partial charge in [-0.2, -0.15) is 0 Å². The molecule has 0 aliphatic heterocycles. The van der Waals surface area contributed by atoms with Gasteiger partial charge in [0.25, 0.3) is 0 Å². The van der Waals surface area contributed by atoms with Crippen LogP contribution in [0.2, 0.25) is 0 Å². The fraction of sp³-hybridized carbons (Fsp3) is 0.556. The van der Waals surface area contributed by atoms with Gasteiger partial charge in [0.15, 0.2) is 0 Å². The largest absolute Gasteiger partial charge is 0.356 e. The molecule has 0 aromatic heterocycles. The normalized spacial score (nSPS) is 8.20. The molecule has 54 valence electrons. The first-order chi connectivity index (χ1) is 4.77. The summed E-state index contributed by atoms with van der Waals surface area (Å²) in [4.78, 5) is 0. The van der Waals surface area contributed by atoms with Crippen molar-refractivity contribution in [2.24, 2.45) is 5.92 Å². The number of ether oxygens (including phenoxy) is 1. The van der Waals surface area contributed by atoms with E-state index >= 15 is 0 Å². The highest BCUT2D eigenvalue weighted by Crippen LogP contribution is 1.84. The van der Waals surface area contributed by atoms with Crippen LogP contribution in [0, 0.1) is 30.1 Å². The lowest BCUT2D eigenvalue weighted by Gasteiger charge is -1.90. The van der Waals surface area contributed by atoms with Gasteiger partial charge in [-0.3, -0.25) is 0 Å². The van der Waals surface area contributed by atoms with E-state index in [-0.39, 0.29) is 0 Å². The molecule has 0 saturated heterocycles. The zero-order valence-corrected chi connectivity index (χ0v) is 6.48. The first-order valence-electron chi connectivity index (χ1n) is 3.27. The Morgan fingerprint density at radius 3 is 2.60 bits per heavy atom. The lowest BCUT2D eigenvalue weighted by atomic mass is 10.2. The predicted octanol–water partition coefficient (Wildman–Crippen LogP) is 1.30.